The maximum absolute atomic E-state index is 13.0. The van der Waals surface area contributed by atoms with Crippen molar-refractivity contribution in [1.29, 1.82) is 0 Å². The third kappa shape index (κ3) is 4.94. The first-order valence-corrected chi connectivity index (χ1v) is 8.61. The average molecular weight is 369 g/mol. The molecule has 0 bridgehead atoms. The van der Waals surface area contributed by atoms with Crippen molar-refractivity contribution in [2.45, 2.75) is 19.9 Å². The highest BCUT2D eigenvalue weighted by Crippen LogP contribution is 2.19. The van der Waals surface area contributed by atoms with Gasteiger partial charge in [-0.2, -0.15) is 0 Å². The van der Waals surface area contributed by atoms with Crippen molar-refractivity contribution in [2.24, 2.45) is 5.92 Å². The highest BCUT2D eigenvalue weighted by Gasteiger charge is 2.34. The molecule has 0 spiro atoms. The zero-order valence-corrected chi connectivity index (χ0v) is 15.6. The maximum Gasteiger partial charge on any atom is 0.326 e. The fourth-order valence-corrected chi connectivity index (χ4v) is 2.84. The van der Waals surface area contributed by atoms with E-state index in [4.69, 9.17) is 4.74 Å². The number of carboxylic acid groups (broad SMARTS) is 1. The van der Waals surface area contributed by atoms with E-state index in [9.17, 15) is 19.5 Å². The molecule has 1 N–H and O–H groups in total. The smallest absolute Gasteiger partial charge is 0.326 e. The summed E-state index contributed by atoms with van der Waals surface area (Å²) in [7, 11) is 1.51. The molecule has 142 valence electrons. The molecule has 27 heavy (non-hydrogen) atoms. The lowest BCUT2D eigenvalue weighted by Gasteiger charge is -2.31. The molecule has 6 nitrogen and oxygen atoms in total. The Morgan fingerprint density at radius 3 is 2.04 bits per heavy atom. The van der Waals surface area contributed by atoms with Crippen LogP contribution >= 0.6 is 0 Å². The Kier molecular flexibility index (Phi) is 6.71. The topological polar surface area (TPSA) is 83.9 Å². The second kappa shape index (κ2) is 8.98. The Morgan fingerprint density at radius 1 is 0.963 bits per heavy atom. The number of nitrogens with zero attached hydrogens (tertiary/aromatic N) is 1. The van der Waals surface area contributed by atoms with Gasteiger partial charge in [0.15, 0.2) is 5.78 Å². The Bertz CT molecular complexity index is 799. The van der Waals surface area contributed by atoms with Gasteiger partial charge in [0.05, 0.1) is 13.7 Å². The van der Waals surface area contributed by atoms with E-state index in [-0.39, 0.29) is 18.2 Å². The Balaban J connectivity index is 2.37. The summed E-state index contributed by atoms with van der Waals surface area (Å²) in [6.07, 6.45) is 0. The van der Waals surface area contributed by atoms with Gasteiger partial charge < -0.3 is 14.7 Å². The van der Waals surface area contributed by atoms with Crippen molar-refractivity contribution < 1.29 is 24.2 Å². The lowest BCUT2D eigenvalue weighted by Crippen LogP contribution is -2.50. The van der Waals surface area contributed by atoms with Gasteiger partial charge in [-0.05, 0) is 30.2 Å². The number of carbonyl (C=O) groups excluding carboxylic acids is 2. The van der Waals surface area contributed by atoms with Gasteiger partial charge in [0.25, 0.3) is 5.91 Å². The van der Waals surface area contributed by atoms with Crippen LogP contribution in [0.2, 0.25) is 0 Å². The Labute approximate surface area is 158 Å². The van der Waals surface area contributed by atoms with Gasteiger partial charge in [-0.25, -0.2) is 4.79 Å². The molecule has 0 aliphatic rings. The number of hydrogen-bond donors (Lipinski definition) is 1. The number of aliphatic carboxylic acids is 1. The minimum absolute atomic E-state index is 0.295. The minimum Gasteiger partial charge on any atom is -0.497 e. The van der Waals surface area contributed by atoms with Crippen molar-refractivity contribution in [2.75, 3.05) is 13.7 Å². The van der Waals surface area contributed by atoms with Crippen molar-refractivity contribution in [3.05, 3.63) is 65.7 Å². The number of hydrogen-bond acceptors (Lipinski definition) is 4. The van der Waals surface area contributed by atoms with Crippen molar-refractivity contribution in [3.63, 3.8) is 0 Å². The van der Waals surface area contributed by atoms with Gasteiger partial charge in [0.1, 0.15) is 11.8 Å². The molecule has 0 aliphatic carbocycles. The molecule has 2 aromatic rings. The third-order valence-corrected chi connectivity index (χ3v) is 4.23. The van der Waals surface area contributed by atoms with Crippen LogP contribution in [0, 0.1) is 5.92 Å². The standard InChI is InChI=1S/C21H23NO5/c1-14(2)19(21(25)26)22(13-18(23)15-7-5-4-6-8-15)20(24)16-9-11-17(27-3)12-10-16/h4-12,14,19H,13H2,1-3H3,(H,25,26). The van der Waals surface area contributed by atoms with Crippen LogP contribution in [0.5, 0.6) is 5.75 Å². The zero-order valence-electron chi connectivity index (χ0n) is 15.6. The van der Waals surface area contributed by atoms with Crippen LogP contribution in [0.3, 0.4) is 0 Å². The number of ether oxygens (including phenoxy) is 1. The molecule has 0 saturated carbocycles. The summed E-state index contributed by atoms with van der Waals surface area (Å²) < 4.78 is 5.08. The largest absolute Gasteiger partial charge is 0.497 e. The second-order valence-electron chi connectivity index (χ2n) is 6.48. The van der Waals surface area contributed by atoms with Crippen LogP contribution in [-0.4, -0.2) is 47.4 Å². The monoisotopic (exact) mass is 369 g/mol. The zero-order chi connectivity index (χ0) is 20.0. The summed E-state index contributed by atoms with van der Waals surface area (Å²) in [6, 6.07) is 13.7. The van der Waals surface area contributed by atoms with Gasteiger partial charge in [0.2, 0.25) is 0 Å². The highest BCUT2D eigenvalue weighted by molar-refractivity contribution is 6.03. The summed E-state index contributed by atoms with van der Waals surface area (Å²) in [6.45, 7) is 3.10. The van der Waals surface area contributed by atoms with E-state index in [1.54, 1.807) is 68.4 Å². The lowest BCUT2D eigenvalue weighted by molar-refractivity contribution is -0.143. The number of rotatable bonds is 8. The molecule has 0 aromatic heterocycles. The minimum atomic E-state index is -1.15. The Hall–Kier alpha value is -3.15. The van der Waals surface area contributed by atoms with Gasteiger partial charge >= 0.3 is 5.97 Å². The molecule has 6 heteroatoms. The fraction of sp³-hybridized carbons (Fsp3) is 0.286. The van der Waals surface area contributed by atoms with E-state index in [1.165, 1.54) is 7.11 Å². The number of methoxy groups -OCH3 is 1. The van der Waals surface area contributed by atoms with Crippen LogP contribution in [-0.2, 0) is 4.79 Å². The molecule has 0 heterocycles. The molecule has 2 rings (SSSR count). The molecule has 1 unspecified atom stereocenters. The molecule has 0 saturated heterocycles. The predicted molar refractivity (Wildman–Crippen MR) is 101 cm³/mol. The highest BCUT2D eigenvalue weighted by atomic mass is 16.5. The first-order valence-electron chi connectivity index (χ1n) is 8.61. The van der Waals surface area contributed by atoms with Gasteiger partial charge in [-0.1, -0.05) is 44.2 Å². The van der Waals surface area contributed by atoms with Crippen molar-refractivity contribution in [3.8, 4) is 5.75 Å². The summed E-state index contributed by atoms with van der Waals surface area (Å²) in [4.78, 5) is 38.6. The fourth-order valence-electron chi connectivity index (χ4n) is 2.84. The first kappa shape index (κ1) is 20.2. The van der Waals surface area contributed by atoms with Crippen molar-refractivity contribution in [1.82, 2.24) is 4.90 Å². The van der Waals surface area contributed by atoms with E-state index in [1.807, 2.05) is 0 Å². The number of ketones is 1. The molecule has 0 aliphatic heterocycles. The van der Waals surface area contributed by atoms with E-state index in [2.05, 4.69) is 0 Å². The first-order chi connectivity index (χ1) is 12.8. The summed E-state index contributed by atoms with van der Waals surface area (Å²) in [5.41, 5.74) is 0.724. The third-order valence-electron chi connectivity index (χ3n) is 4.23. The number of Topliss-reactive ketones (excluding diaryl/α,β-unsaturated/α-hetero) is 1. The maximum atomic E-state index is 13.0. The Morgan fingerprint density at radius 2 is 1.56 bits per heavy atom. The van der Waals surface area contributed by atoms with Crippen LogP contribution < -0.4 is 4.74 Å². The van der Waals surface area contributed by atoms with Crippen molar-refractivity contribution >= 4 is 17.7 Å². The normalized spacial score (nSPS) is 11.7. The van der Waals surface area contributed by atoms with Gasteiger partial charge in [0, 0.05) is 11.1 Å². The predicted octanol–water partition coefficient (Wildman–Crippen LogP) is 3.13. The number of benzene rings is 2. The molecular weight excluding hydrogens is 346 g/mol. The van der Waals surface area contributed by atoms with Gasteiger partial charge in [-0.15, -0.1) is 0 Å². The average Bonchev–Trinajstić information content (AvgIpc) is 2.67. The van der Waals surface area contributed by atoms with Crippen LogP contribution in [0.15, 0.2) is 54.6 Å². The molecule has 0 radical (unpaired) electrons. The van der Waals surface area contributed by atoms with Crippen LogP contribution in [0.25, 0.3) is 0 Å². The SMILES string of the molecule is COc1ccc(C(=O)N(CC(=O)c2ccccc2)C(C(=O)O)C(C)C)cc1. The number of amides is 1. The molecule has 1 amide bonds. The van der Waals surface area contributed by atoms with E-state index in [0.29, 0.717) is 16.9 Å². The lowest BCUT2D eigenvalue weighted by atomic mass is 10.00. The quantitative estimate of drug-likeness (QED) is 0.723. The number of carboxylic acids is 1. The molecule has 0 fully saturated rings. The van der Waals surface area contributed by atoms with E-state index < -0.39 is 17.9 Å². The second-order valence-corrected chi connectivity index (χ2v) is 6.48. The summed E-state index contributed by atoms with van der Waals surface area (Å²) >= 11 is 0. The number of carbonyl (C=O) groups is 3. The van der Waals surface area contributed by atoms with Crippen LogP contribution in [0.4, 0.5) is 0 Å². The van der Waals surface area contributed by atoms with Crippen LogP contribution in [0.1, 0.15) is 34.6 Å². The molecule has 1 atom stereocenters. The van der Waals surface area contributed by atoms with E-state index in [0.717, 1.165) is 4.90 Å². The summed E-state index contributed by atoms with van der Waals surface area (Å²) in [5, 5.41) is 9.65. The van der Waals surface area contributed by atoms with E-state index >= 15 is 0 Å². The molecular formula is C21H23NO5. The van der Waals surface area contributed by atoms with Gasteiger partial charge in [-0.3, -0.25) is 9.59 Å². The summed E-state index contributed by atoms with van der Waals surface area (Å²) in [5.74, 6) is -1.76. The molecule has 2 aromatic carbocycles.